The average Bonchev–Trinajstić information content (AvgIpc) is 3.09. The lowest BCUT2D eigenvalue weighted by Crippen LogP contribution is -2.70. The third-order valence-corrected chi connectivity index (χ3v) is 6.72. The van der Waals surface area contributed by atoms with E-state index < -0.39 is 0 Å². The molecule has 2 aromatic rings. The van der Waals surface area contributed by atoms with Crippen molar-refractivity contribution in [1.29, 1.82) is 0 Å². The predicted octanol–water partition coefficient (Wildman–Crippen LogP) is 0.742. The SMILES string of the molecule is O=C(CCCn1cncn1)NC1C2CN3CCN(C2)CC1(c1ccccc1)C3. The third-order valence-electron chi connectivity index (χ3n) is 6.72. The summed E-state index contributed by atoms with van der Waals surface area (Å²) in [4.78, 5) is 22.0. The van der Waals surface area contributed by atoms with Crippen LogP contribution in [0.2, 0.25) is 0 Å². The summed E-state index contributed by atoms with van der Waals surface area (Å²) in [6.07, 6.45) is 4.54. The molecule has 5 heterocycles. The van der Waals surface area contributed by atoms with Gasteiger partial charge in [-0.2, -0.15) is 5.10 Å². The van der Waals surface area contributed by atoms with Crippen LogP contribution in [0.5, 0.6) is 0 Å². The molecule has 1 amide bonds. The van der Waals surface area contributed by atoms with E-state index in [2.05, 4.69) is 55.5 Å². The minimum Gasteiger partial charge on any atom is -0.352 e. The molecule has 1 N–H and O–H groups in total. The largest absolute Gasteiger partial charge is 0.352 e. The average molecular weight is 380 g/mol. The Bertz CT molecular complexity index is 792. The highest BCUT2D eigenvalue weighted by atomic mass is 16.1. The van der Waals surface area contributed by atoms with Crippen LogP contribution in [0.25, 0.3) is 0 Å². The first-order valence-electron chi connectivity index (χ1n) is 10.3. The summed E-state index contributed by atoms with van der Waals surface area (Å²) >= 11 is 0. The number of aryl methyl sites for hydroxylation is 1. The number of benzene rings is 1. The zero-order valence-corrected chi connectivity index (χ0v) is 16.2. The number of rotatable bonds is 6. The van der Waals surface area contributed by atoms with Crippen molar-refractivity contribution in [3.63, 3.8) is 0 Å². The van der Waals surface area contributed by atoms with Gasteiger partial charge in [0.1, 0.15) is 12.7 Å². The van der Waals surface area contributed by atoms with Crippen LogP contribution >= 0.6 is 0 Å². The van der Waals surface area contributed by atoms with Crippen molar-refractivity contribution in [2.45, 2.75) is 30.8 Å². The molecular weight excluding hydrogens is 352 g/mol. The summed E-state index contributed by atoms with van der Waals surface area (Å²) in [5, 5.41) is 7.58. The van der Waals surface area contributed by atoms with Gasteiger partial charge in [0.2, 0.25) is 5.91 Å². The summed E-state index contributed by atoms with van der Waals surface area (Å²) in [6, 6.07) is 11.0. The molecule has 148 valence electrons. The van der Waals surface area contributed by atoms with Crippen LogP contribution in [0, 0.1) is 5.92 Å². The first kappa shape index (κ1) is 17.8. The highest BCUT2D eigenvalue weighted by Gasteiger charge is 2.55. The zero-order chi connectivity index (χ0) is 19.0. The fourth-order valence-corrected chi connectivity index (χ4v) is 5.56. The Labute approximate surface area is 165 Å². The Morgan fingerprint density at radius 2 is 1.89 bits per heavy atom. The van der Waals surface area contributed by atoms with E-state index in [1.165, 1.54) is 11.9 Å². The second kappa shape index (κ2) is 7.29. The number of carbonyl (C=O) groups is 1. The molecule has 0 aliphatic carbocycles. The van der Waals surface area contributed by atoms with Crippen molar-refractivity contribution in [3.8, 4) is 0 Å². The van der Waals surface area contributed by atoms with Crippen molar-refractivity contribution in [1.82, 2.24) is 29.9 Å². The van der Waals surface area contributed by atoms with Crippen LogP contribution in [0.1, 0.15) is 18.4 Å². The topological polar surface area (TPSA) is 66.3 Å². The Balaban J connectivity index is 1.34. The number of nitrogens with one attached hydrogen (secondary N) is 1. The summed E-state index contributed by atoms with van der Waals surface area (Å²) < 4.78 is 1.78. The summed E-state index contributed by atoms with van der Waals surface area (Å²) in [7, 11) is 0. The smallest absolute Gasteiger partial charge is 0.220 e. The van der Waals surface area contributed by atoms with E-state index in [4.69, 9.17) is 0 Å². The van der Waals surface area contributed by atoms with Crippen molar-refractivity contribution < 1.29 is 4.79 Å². The maximum atomic E-state index is 12.8. The van der Waals surface area contributed by atoms with Crippen LogP contribution in [-0.4, -0.2) is 75.8 Å². The van der Waals surface area contributed by atoms with Gasteiger partial charge in [0.05, 0.1) is 0 Å². The molecule has 0 spiro atoms. The Kier molecular flexibility index (Phi) is 4.64. The van der Waals surface area contributed by atoms with E-state index in [0.717, 1.165) is 52.2 Å². The predicted molar refractivity (Wildman–Crippen MR) is 106 cm³/mol. The molecule has 4 fully saturated rings. The Hall–Kier alpha value is -2.25. The molecule has 6 rings (SSSR count). The molecule has 4 bridgehead atoms. The van der Waals surface area contributed by atoms with Gasteiger partial charge >= 0.3 is 0 Å². The summed E-state index contributed by atoms with van der Waals surface area (Å²) in [6.45, 7) is 7.27. The molecule has 4 aliphatic rings. The molecule has 0 radical (unpaired) electrons. The van der Waals surface area contributed by atoms with Gasteiger partial charge in [0, 0.05) is 69.6 Å². The normalized spacial score (nSPS) is 33.6. The Morgan fingerprint density at radius 3 is 2.57 bits per heavy atom. The second-order valence-corrected chi connectivity index (χ2v) is 8.56. The van der Waals surface area contributed by atoms with Crippen molar-refractivity contribution >= 4 is 5.91 Å². The lowest BCUT2D eigenvalue weighted by atomic mass is 9.64. The summed E-state index contributed by atoms with van der Waals surface area (Å²) in [5.41, 5.74) is 1.35. The standard InChI is InChI=1S/C21H28N6O/c28-19(7-4-8-27-16-22-15-23-27)24-20-17-11-25-9-10-26(12-17)14-21(20,13-25)18-5-2-1-3-6-18/h1-3,5-6,15-17,20H,4,7-14H2,(H,24,28). The molecule has 7 nitrogen and oxygen atoms in total. The van der Waals surface area contributed by atoms with Crippen LogP contribution in [0.4, 0.5) is 0 Å². The number of amides is 1. The van der Waals surface area contributed by atoms with E-state index in [1.807, 2.05) is 0 Å². The van der Waals surface area contributed by atoms with Gasteiger partial charge in [-0.1, -0.05) is 30.3 Å². The van der Waals surface area contributed by atoms with E-state index in [9.17, 15) is 4.79 Å². The molecule has 4 saturated heterocycles. The fraction of sp³-hybridized carbons (Fsp3) is 0.571. The number of piperidine rings is 2. The molecule has 28 heavy (non-hydrogen) atoms. The van der Waals surface area contributed by atoms with Gasteiger partial charge in [-0.25, -0.2) is 4.98 Å². The van der Waals surface area contributed by atoms with Crippen molar-refractivity contribution in [3.05, 3.63) is 48.5 Å². The highest BCUT2D eigenvalue weighted by Crippen LogP contribution is 2.43. The number of carbonyl (C=O) groups excluding carboxylic acids is 1. The minimum atomic E-state index is -0.0134. The Morgan fingerprint density at radius 1 is 1.14 bits per heavy atom. The molecule has 1 aromatic carbocycles. The van der Waals surface area contributed by atoms with Crippen LogP contribution in [-0.2, 0) is 16.8 Å². The van der Waals surface area contributed by atoms with Gasteiger partial charge in [-0.05, 0) is 12.0 Å². The molecule has 3 atom stereocenters. The van der Waals surface area contributed by atoms with Crippen LogP contribution in [0.15, 0.2) is 43.0 Å². The first-order chi connectivity index (χ1) is 13.7. The van der Waals surface area contributed by atoms with Gasteiger partial charge < -0.3 is 15.1 Å². The van der Waals surface area contributed by atoms with E-state index in [0.29, 0.717) is 12.3 Å². The third kappa shape index (κ3) is 3.22. The highest BCUT2D eigenvalue weighted by molar-refractivity contribution is 5.76. The summed E-state index contributed by atoms with van der Waals surface area (Å²) in [5.74, 6) is 0.654. The van der Waals surface area contributed by atoms with Gasteiger partial charge in [0.15, 0.2) is 0 Å². The number of fused-ring (bicyclic) bond motifs is 1. The molecule has 3 unspecified atom stereocenters. The van der Waals surface area contributed by atoms with E-state index in [1.54, 1.807) is 11.0 Å². The molecule has 4 aliphatic heterocycles. The van der Waals surface area contributed by atoms with Gasteiger partial charge in [0.25, 0.3) is 0 Å². The number of hydrogen-bond acceptors (Lipinski definition) is 5. The quantitative estimate of drug-likeness (QED) is 0.801. The maximum Gasteiger partial charge on any atom is 0.220 e. The van der Waals surface area contributed by atoms with Crippen molar-refractivity contribution in [2.24, 2.45) is 5.92 Å². The molecule has 1 aromatic heterocycles. The van der Waals surface area contributed by atoms with Gasteiger partial charge in [-0.15, -0.1) is 0 Å². The number of hydrogen-bond donors (Lipinski definition) is 1. The van der Waals surface area contributed by atoms with E-state index >= 15 is 0 Å². The minimum absolute atomic E-state index is 0.0134. The lowest BCUT2D eigenvalue weighted by molar-refractivity contribution is -0.124. The van der Waals surface area contributed by atoms with E-state index in [-0.39, 0.29) is 17.4 Å². The van der Waals surface area contributed by atoms with Crippen molar-refractivity contribution in [2.75, 3.05) is 39.3 Å². The van der Waals surface area contributed by atoms with Crippen LogP contribution in [0.3, 0.4) is 0 Å². The molecule has 0 saturated carbocycles. The number of aromatic nitrogens is 3. The monoisotopic (exact) mass is 380 g/mol. The maximum absolute atomic E-state index is 12.8. The molecule has 7 heteroatoms. The number of nitrogens with zero attached hydrogens (tertiary/aromatic N) is 5. The van der Waals surface area contributed by atoms with Crippen LogP contribution < -0.4 is 5.32 Å². The zero-order valence-electron chi connectivity index (χ0n) is 16.2. The molecular formula is C21H28N6O. The van der Waals surface area contributed by atoms with Gasteiger partial charge in [-0.3, -0.25) is 9.48 Å². The fourth-order valence-electron chi connectivity index (χ4n) is 5.56. The second-order valence-electron chi connectivity index (χ2n) is 8.56. The first-order valence-corrected chi connectivity index (χ1v) is 10.3. The lowest BCUT2D eigenvalue weighted by Gasteiger charge is -2.55.